The van der Waals surface area contributed by atoms with E-state index in [0.29, 0.717) is 24.4 Å². The number of anilines is 1. The first-order valence-electron chi connectivity index (χ1n) is 9.71. The van der Waals surface area contributed by atoms with Crippen LogP contribution in [0.15, 0.2) is 39.9 Å². The molecule has 0 spiro atoms. The molecule has 154 valence electrons. The maximum Gasteiger partial charge on any atom is 0.332 e. The molecule has 4 heterocycles. The number of amides is 1. The molecule has 1 fully saturated rings. The highest BCUT2D eigenvalue weighted by molar-refractivity contribution is 5.86. The Hall–Kier alpha value is -3.82. The van der Waals surface area contributed by atoms with Gasteiger partial charge in [0.25, 0.3) is 5.56 Å². The van der Waals surface area contributed by atoms with E-state index < -0.39 is 17.3 Å². The zero-order valence-electron chi connectivity index (χ0n) is 16.6. The van der Waals surface area contributed by atoms with Crippen LogP contribution in [0.3, 0.4) is 0 Å². The number of benzene rings is 1. The summed E-state index contributed by atoms with van der Waals surface area (Å²) >= 11 is 0. The lowest BCUT2D eigenvalue weighted by atomic mass is 10.2. The summed E-state index contributed by atoms with van der Waals surface area (Å²) in [6, 6.07) is 9.30. The molecule has 3 N–H and O–H groups in total. The van der Waals surface area contributed by atoms with Gasteiger partial charge in [0, 0.05) is 31.9 Å². The molecule has 1 aromatic carbocycles. The van der Waals surface area contributed by atoms with E-state index in [1.807, 2.05) is 30.3 Å². The summed E-state index contributed by atoms with van der Waals surface area (Å²) in [6.45, 7) is 0.714. The van der Waals surface area contributed by atoms with Crippen LogP contribution in [0.1, 0.15) is 12.1 Å². The second kappa shape index (κ2) is 6.61. The predicted octanol–water partition coefficient (Wildman–Crippen LogP) is 0.264. The van der Waals surface area contributed by atoms with Crippen LogP contribution in [0.25, 0.3) is 22.1 Å². The monoisotopic (exact) mass is 407 g/mol. The first-order chi connectivity index (χ1) is 14.4. The summed E-state index contributed by atoms with van der Waals surface area (Å²) in [5.41, 5.74) is 1.41. The standard InChI is InChI=1S/C20H21N7O3/c1-25-15-16(24-19(25)23-14-7-8-21-17(14)28)26(2)20(30)27(18(15)29)10-12-9-11-5-3-4-6-13(11)22-12/h3-6,9,14,22H,7-8,10H2,1-2H3,(H,21,28)(H,23,24). The average molecular weight is 407 g/mol. The molecule has 0 saturated carbocycles. The number of rotatable bonds is 4. The van der Waals surface area contributed by atoms with Crippen molar-refractivity contribution in [3.8, 4) is 0 Å². The Morgan fingerprint density at radius 2 is 1.97 bits per heavy atom. The third-order valence-corrected chi connectivity index (χ3v) is 5.63. The molecule has 0 bridgehead atoms. The predicted molar refractivity (Wildman–Crippen MR) is 113 cm³/mol. The minimum absolute atomic E-state index is 0.104. The van der Waals surface area contributed by atoms with E-state index in [2.05, 4.69) is 20.6 Å². The lowest BCUT2D eigenvalue weighted by Crippen LogP contribution is -2.39. The molecule has 1 unspecified atom stereocenters. The van der Waals surface area contributed by atoms with Gasteiger partial charge >= 0.3 is 5.69 Å². The fraction of sp³-hybridized carbons (Fsp3) is 0.300. The van der Waals surface area contributed by atoms with Crippen LogP contribution < -0.4 is 21.9 Å². The molecule has 5 rings (SSSR count). The molecule has 10 nitrogen and oxygen atoms in total. The van der Waals surface area contributed by atoms with Crippen LogP contribution in [0.4, 0.5) is 5.95 Å². The van der Waals surface area contributed by atoms with E-state index in [0.717, 1.165) is 16.6 Å². The lowest BCUT2D eigenvalue weighted by Gasteiger charge is -2.10. The maximum atomic E-state index is 13.2. The van der Waals surface area contributed by atoms with Crippen molar-refractivity contribution in [3.63, 3.8) is 0 Å². The molecule has 30 heavy (non-hydrogen) atoms. The van der Waals surface area contributed by atoms with Gasteiger partial charge in [-0.05, 0) is 23.9 Å². The molecule has 1 saturated heterocycles. The van der Waals surface area contributed by atoms with Gasteiger partial charge in [0.15, 0.2) is 11.2 Å². The van der Waals surface area contributed by atoms with Crippen LogP contribution in [0, 0.1) is 0 Å². The van der Waals surface area contributed by atoms with Crippen molar-refractivity contribution in [2.24, 2.45) is 14.1 Å². The molecule has 1 aliphatic heterocycles. The van der Waals surface area contributed by atoms with Crippen molar-refractivity contribution in [2.75, 3.05) is 11.9 Å². The topological polar surface area (TPSA) is 119 Å². The van der Waals surface area contributed by atoms with Gasteiger partial charge in [0.05, 0.1) is 6.54 Å². The number of hydrogen-bond donors (Lipinski definition) is 3. The number of fused-ring (bicyclic) bond motifs is 2. The number of carbonyl (C=O) groups is 1. The minimum atomic E-state index is -0.450. The number of imidazole rings is 1. The van der Waals surface area contributed by atoms with Crippen LogP contribution in [0.5, 0.6) is 0 Å². The number of carbonyl (C=O) groups excluding carboxylic acids is 1. The third kappa shape index (κ3) is 2.71. The highest BCUT2D eigenvalue weighted by atomic mass is 16.2. The first-order valence-corrected chi connectivity index (χ1v) is 9.71. The molecule has 4 aromatic rings. The Balaban J connectivity index is 1.60. The average Bonchev–Trinajstić information content (AvgIpc) is 3.41. The number of hydrogen-bond acceptors (Lipinski definition) is 5. The van der Waals surface area contributed by atoms with Crippen molar-refractivity contribution in [1.82, 2.24) is 29.0 Å². The summed E-state index contributed by atoms with van der Waals surface area (Å²) in [5.74, 6) is 0.273. The zero-order valence-corrected chi connectivity index (χ0v) is 16.6. The number of nitrogens with one attached hydrogen (secondary N) is 3. The number of aromatic amines is 1. The molecule has 1 aliphatic rings. The van der Waals surface area contributed by atoms with Crippen molar-refractivity contribution < 1.29 is 4.79 Å². The van der Waals surface area contributed by atoms with Gasteiger partial charge < -0.3 is 20.2 Å². The van der Waals surface area contributed by atoms with Gasteiger partial charge in [-0.1, -0.05) is 18.2 Å². The third-order valence-electron chi connectivity index (χ3n) is 5.63. The number of H-pyrrole nitrogens is 1. The fourth-order valence-electron chi connectivity index (χ4n) is 3.99. The smallest absolute Gasteiger partial charge is 0.332 e. The van der Waals surface area contributed by atoms with Crippen molar-refractivity contribution in [3.05, 3.63) is 56.9 Å². The summed E-state index contributed by atoms with van der Waals surface area (Å²) < 4.78 is 4.16. The van der Waals surface area contributed by atoms with Crippen LogP contribution in [-0.2, 0) is 25.4 Å². The highest BCUT2D eigenvalue weighted by Crippen LogP contribution is 2.17. The lowest BCUT2D eigenvalue weighted by molar-refractivity contribution is -0.119. The second-order valence-electron chi connectivity index (χ2n) is 7.56. The number of para-hydroxylation sites is 1. The molecule has 10 heteroatoms. The quantitative estimate of drug-likeness (QED) is 0.449. The van der Waals surface area contributed by atoms with Crippen LogP contribution in [0.2, 0.25) is 0 Å². The first kappa shape index (κ1) is 18.2. The van der Waals surface area contributed by atoms with E-state index in [4.69, 9.17) is 0 Å². The molecule has 1 amide bonds. The van der Waals surface area contributed by atoms with Crippen molar-refractivity contribution >= 4 is 33.9 Å². The number of aromatic nitrogens is 5. The summed E-state index contributed by atoms with van der Waals surface area (Å²) in [6.07, 6.45) is 0.631. The van der Waals surface area contributed by atoms with Gasteiger partial charge in [-0.3, -0.25) is 18.7 Å². The summed E-state index contributed by atoms with van der Waals surface area (Å²) in [4.78, 5) is 45.7. The second-order valence-corrected chi connectivity index (χ2v) is 7.56. The SMILES string of the molecule is Cn1c(NC2CCNC2=O)nc2c1c(=O)n(Cc1cc3ccccc3[nH]1)c(=O)n2C. The van der Waals surface area contributed by atoms with E-state index in [-0.39, 0.29) is 18.1 Å². The van der Waals surface area contributed by atoms with Crippen molar-refractivity contribution in [2.45, 2.75) is 19.0 Å². The number of aryl methyl sites for hydroxylation is 2. The molecule has 0 aliphatic carbocycles. The van der Waals surface area contributed by atoms with Gasteiger partial charge in [-0.25, -0.2) is 4.79 Å². The Morgan fingerprint density at radius 1 is 1.17 bits per heavy atom. The largest absolute Gasteiger partial charge is 0.357 e. The molecule has 0 radical (unpaired) electrons. The highest BCUT2D eigenvalue weighted by Gasteiger charge is 2.26. The van der Waals surface area contributed by atoms with Gasteiger partial charge in [-0.15, -0.1) is 0 Å². The summed E-state index contributed by atoms with van der Waals surface area (Å²) in [5, 5.41) is 6.85. The van der Waals surface area contributed by atoms with E-state index in [1.54, 1.807) is 18.7 Å². The van der Waals surface area contributed by atoms with Gasteiger partial charge in [0.2, 0.25) is 11.9 Å². The maximum absolute atomic E-state index is 13.2. The van der Waals surface area contributed by atoms with E-state index >= 15 is 0 Å². The van der Waals surface area contributed by atoms with E-state index in [9.17, 15) is 14.4 Å². The molecular weight excluding hydrogens is 386 g/mol. The normalized spacial score (nSPS) is 16.5. The van der Waals surface area contributed by atoms with Crippen molar-refractivity contribution in [1.29, 1.82) is 0 Å². The fourth-order valence-corrected chi connectivity index (χ4v) is 3.99. The van der Waals surface area contributed by atoms with Gasteiger partial charge in [-0.2, -0.15) is 4.98 Å². The molecule has 1 atom stereocenters. The number of nitrogens with zero attached hydrogens (tertiary/aromatic N) is 4. The Labute approximate surface area is 170 Å². The summed E-state index contributed by atoms with van der Waals surface area (Å²) in [7, 11) is 3.29. The minimum Gasteiger partial charge on any atom is -0.357 e. The van der Waals surface area contributed by atoms with Crippen LogP contribution in [-0.4, -0.2) is 42.2 Å². The zero-order chi connectivity index (χ0) is 21.0. The molecular formula is C20H21N7O3. The Kier molecular flexibility index (Phi) is 4.02. The Morgan fingerprint density at radius 3 is 2.70 bits per heavy atom. The van der Waals surface area contributed by atoms with Crippen LogP contribution >= 0.6 is 0 Å². The van der Waals surface area contributed by atoms with Gasteiger partial charge in [0.1, 0.15) is 6.04 Å². The van der Waals surface area contributed by atoms with E-state index in [1.165, 1.54) is 9.13 Å². The molecule has 3 aromatic heterocycles. The Bertz CT molecular complexity index is 1390.